The highest BCUT2D eigenvalue weighted by Crippen LogP contribution is 2.32. The van der Waals surface area contributed by atoms with E-state index in [1.165, 1.54) is 20.2 Å². The molecule has 0 heterocycles. The third-order valence-corrected chi connectivity index (χ3v) is 3.93. The molecule has 0 aromatic heterocycles. The van der Waals surface area contributed by atoms with Crippen molar-refractivity contribution < 1.29 is 13.2 Å². The molecule has 1 aromatic rings. The smallest absolute Gasteiger partial charge is 0.244 e. The van der Waals surface area contributed by atoms with Crippen LogP contribution in [0, 0.1) is 0 Å². The van der Waals surface area contributed by atoms with Gasteiger partial charge < -0.3 is 4.74 Å². The van der Waals surface area contributed by atoms with E-state index in [1.807, 2.05) is 0 Å². The minimum atomic E-state index is -3.61. The van der Waals surface area contributed by atoms with E-state index in [4.69, 9.17) is 27.9 Å². The highest BCUT2D eigenvalue weighted by Gasteiger charge is 2.21. The van der Waals surface area contributed by atoms with Gasteiger partial charge in [-0.2, -0.15) is 0 Å². The van der Waals surface area contributed by atoms with E-state index in [9.17, 15) is 8.42 Å². The van der Waals surface area contributed by atoms with Crippen LogP contribution in [0.3, 0.4) is 0 Å². The van der Waals surface area contributed by atoms with Crippen LogP contribution in [-0.4, -0.2) is 22.6 Å². The van der Waals surface area contributed by atoms with Gasteiger partial charge >= 0.3 is 0 Å². The first kappa shape index (κ1) is 13.6. The first-order valence-electron chi connectivity index (χ1n) is 4.32. The average Bonchev–Trinajstić information content (AvgIpc) is 2.27. The molecule has 16 heavy (non-hydrogen) atoms. The fourth-order valence-corrected chi connectivity index (χ4v) is 2.73. The summed E-state index contributed by atoms with van der Waals surface area (Å²) >= 11 is 11.5. The lowest BCUT2D eigenvalue weighted by molar-refractivity contribution is 0.399. The molecule has 1 rings (SSSR count). The zero-order valence-corrected chi connectivity index (χ0v) is 11.1. The Hall–Kier alpha value is -0.490. The first-order valence-corrected chi connectivity index (χ1v) is 6.71. The van der Waals surface area contributed by atoms with Crippen molar-refractivity contribution in [2.45, 2.75) is 10.8 Å². The Balaban J connectivity index is 3.55. The van der Waals surface area contributed by atoms with Crippen LogP contribution in [0.5, 0.6) is 5.75 Å². The molecular formula is C9H11Cl2NO3S. The maximum atomic E-state index is 11.7. The summed E-state index contributed by atoms with van der Waals surface area (Å²) in [4.78, 5) is -0.0133. The van der Waals surface area contributed by atoms with E-state index in [2.05, 4.69) is 4.72 Å². The second-order valence-corrected chi connectivity index (χ2v) is 5.50. The molecule has 0 saturated heterocycles. The summed E-state index contributed by atoms with van der Waals surface area (Å²) in [7, 11) is -0.916. The second-order valence-electron chi connectivity index (χ2n) is 2.94. The van der Waals surface area contributed by atoms with Crippen molar-refractivity contribution in [1.29, 1.82) is 0 Å². The standard InChI is InChI=1S/C9H11Cl2NO3S/c1-12-16(13,14)8-4-7(11)3-6(5-10)9(8)15-2/h3-4,12H,5H2,1-2H3. The predicted octanol–water partition coefficient (Wildman–Crippen LogP) is 2.00. The third kappa shape index (κ3) is 2.60. The molecule has 4 nitrogen and oxygen atoms in total. The molecule has 0 unspecified atom stereocenters. The fraction of sp³-hybridized carbons (Fsp3) is 0.333. The molecule has 0 radical (unpaired) electrons. The molecule has 0 atom stereocenters. The van der Waals surface area contributed by atoms with Crippen molar-refractivity contribution >= 4 is 33.2 Å². The number of ether oxygens (including phenoxy) is 1. The number of halogens is 2. The van der Waals surface area contributed by atoms with Gasteiger partial charge in [-0.3, -0.25) is 0 Å². The summed E-state index contributed by atoms with van der Waals surface area (Å²) in [6.45, 7) is 0. The van der Waals surface area contributed by atoms with Gasteiger partial charge in [-0.05, 0) is 19.2 Å². The van der Waals surface area contributed by atoms with Gasteiger partial charge in [0, 0.05) is 10.6 Å². The van der Waals surface area contributed by atoms with Crippen molar-refractivity contribution in [1.82, 2.24) is 4.72 Å². The molecule has 0 aliphatic heterocycles. The molecule has 0 spiro atoms. The maximum Gasteiger partial charge on any atom is 0.244 e. The number of hydrogen-bond donors (Lipinski definition) is 1. The van der Waals surface area contributed by atoms with Gasteiger partial charge in [-0.15, -0.1) is 11.6 Å². The minimum Gasteiger partial charge on any atom is -0.495 e. The minimum absolute atomic E-state index is 0.0133. The van der Waals surface area contributed by atoms with E-state index in [0.29, 0.717) is 10.6 Å². The van der Waals surface area contributed by atoms with Gasteiger partial charge in [0.05, 0.1) is 13.0 Å². The summed E-state index contributed by atoms with van der Waals surface area (Å²) in [6.07, 6.45) is 0. The Kier molecular flexibility index (Phi) is 4.43. The number of methoxy groups -OCH3 is 1. The number of hydrogen-bond acceptors (Lipinski definition) is 3. The van der Waals surface area contributed by atoms with Crippen LogP contribution in [0.1, 0.15) is 5.56 Å². The number of nitrogens with one attached hydrogen (secondary N) is 1. The quantitative estimate of drug-likeness (QED) is 0.860. The lowest BCUT2D eigenvalue weighted by Gasteiger charge is -2.12. The normalized spacial score (nSPS) is 11.5. The van der Waals surface area contributed by atoms with E-state index < -0.39 is 10.0 Å². The molecule has 0 bridgehead atoms. The van der Waals surface area contributed by atoms with Crippen LogP contribution in [0.25, 0.3) is 0 Å². The number of alkyl halides is 1. The van der Waals surface area contributed by atoms with Gasteiger partial charge in [0.15, 0.2) is 0 Å². The van der Waals surface area contributed by atoms with Crippen molar-refractivity contribution in [2.75, 3.05) is 14.2 Å². The van der Waals surface area contributed by atoms with Crippen molar-refractivity contribution in [2.24, 2.45) is 0 Å². The van der Waals surface area contributed by atoms with Gasteiger partial charge in [0.1, 0.15) is 10.6 Å². The molecule has 1 aromatic carbocycles. The van der Waals surface area contributed by atoms with E-state index in [-0.39, 0.29) is 16.5 Å². The molecule has 90 valence electrons. The van der Waals surface area contributed by atoms with Gasteiger partial charge in [-0.1, -0.05) is 11.6 Å². The molecule has 0 amide bonds. The Morgan fingerprint density at radius 3 is 2.50 bits per heavy atom. The van der Waals surface area contributed by atoms with E-state index in [1.54, 1.807) is 6.07 Å². The summed E-state index contributed by atoms with van der Waals surface area (Å²) in [5.74, 6) is 0.337. The van der Waals surface area contributed by atoms with Crippen LogP contribution >= 0.6 is 23.2 Å². The molecule has 0 aliphatic rings. The lowest BCUT2D eigenvalue weighted by atomic mass is 10.2. The zero-order chi connectivity index (χ0) is 12.3. The average molecular weight is 284 g/mol. The highest BCUT2D eigenvalue weighted by molar-refractivity contribution is 7.89. The Morgan fingerprint density at radius 1 is 1.44 bits per heavy atom. The van der Waals surface area contributed by atoms with Gasteiger partial charge in [0.25, 0.3) is 0 Å². The zero-order valence-electron chi connectivity index (χ0n) is 8.75. The van der Waals surface area contributed by atoms with Crippen molar-refractivity contribution in [3.8, 4) is 5.75 Å². The Labute approximate surface area is 105 Å². The van der Waals surface area contributed by atoms with Gasteiger partial charge in [-0.25, -0.2) is 13.1 Å². The Bertz CT molecular complexity index is 488. The summed E-state index contributed by atoms with van der Waals surface area (Å²) in [5.41, 5.74) is 0.533. The topological polar surface area (TPSA) is 55.4 Å². The summed E-state index contributed by atoms with van der Waals surface area (Å²) < 4.78 is 30.7. The number of benzene rings is 1. The predicted molar refractivity (Wildman–Crippen MR) is 63.8 cm³/mol. The maximum absolute atomic E-state index is 11.7. The van der Waals surface area contributed by atoms with Gasteiger partial charge in [0.2, 0.25) is 10.0 Å². The van der Waals surface area contributed by atoms with Crippen molar-refractivity contribution in [3.63, 3.8) is 0 Å². The van der Waals surface area contributed by atoms with Crippen LogP contribution in [-0.2, 0) is 15.9 Å². The second kappa shape index (κ2) is 5.23. The summed E-state index contributed by atoms with van der Waals surface area (Å²) in [6, 6.07) is 2.89. The first-order chi connectivity index (χ1) is 7.46. The molecule has 0 saturated carbocycles. The van der Waals surface area contributed by atoms with Crippen LogP contribution in [0.15, 0.2) is 17.0 Å². The third-order valence-electron chi connectivity index (χ3n) is 2.00. The molecule has 7 heteroatoms. The molecule has 0 fully saturated rings. The molecule has 1 N–H and O–H groups in total. The van der Waals surface area contributed by atoms with E-state index in [0.717, 1.165) is 0 Å². The Morgan fingerprint density at radius 2 is 2.06 bits per heavy atom. The molecule has 0 aliphatic carbocycles. The highest BCUT2D eigenvalue weighted by atomic mass is 35.5. The molecular weight excluding hydrogens is 273 g/mol. The van der Waals surface area contributed by atoms with Crippen LogP contribution in [0.2, 0.25) is 5.02 Å². The SMILES string of the molecule is CNS(=O)(=O)c1cc(Cl)cc(CCl)c1OC. The largest absolute Gasteiger partial charge is 0.495 e. The number of rotatable bonds is 4. The number of sulfonamides is 1. The van der Waals surface area contributed by atoms with Crippen LogP contribution < -0.4 is 9.46 Å². The monoisotopic (exact) mass is 283 g/mol. The lowest BCUT2D eigenvalue weighted by Crippen LogP contribution is -2.19. The van der Waals surface area contributed by atoms with Crippen molar-refractivity contribution in [3.05, 3.63) is 22.7 Å². The fourth-order valence-electron chi connectivity index (χ4n) is 1.26. The van der Waals surface area contributed by atoms with E-state index >= 15 is 0 Å². The summed E-state index contributed by atoms with van der Waals surface area (Å²) in [5, 5.41) is 0.297. The van der Waals surface area contributed by atoms with Crippen LogP contribution in [0.4, 0.5) is 0 Å².